The lowest BCUT2D eigenvalue weighted by atomic mass is 10.2. The van der Waals surface area contributed by atoms with Crippen LogP contribution in [0.3, 0.4) is 0 Å². The van der Waals surface area contributed by atoms with Crippen molar-refractivity contribution in [2.45, 2.75) is 25.9 Å². The van der Waals surface area contributed by atoms with Gasteiger partial charge in [0.2, 0.25) is 0 Å². The lowest BCUT2D eigenvalue weighted by Crippen LogP contribution is -2.34. The largest absolute Gasteiger partial charge is 0.468 e. The minimum Gasteiger partial charge on any atom is -0.468 e. The zero-order valence-corrected chi connectivity index (χ0v) is 10.0. The van der Waals surface area contributed by atoms with E-state index in [4.69, 9.17) is 4.42 Å². The summed E-state index contributed by atoms with van der Waals surface area (Å²) < 4.78 is 27.3. The summed E-state index contributed by atoms with van der Waals surface area (Å²) in [5.74, 6) is 0.952. The molecule has 0 radical (unpaired) electrons. The van der Waals surface area contributed by atoms with E-state index >= 15 is 0 Å². The van der Waals surface area contributed by atoms with Gasteiger partial charge in [0.15, 0.2) is 0 Å². The first kappa shape index (κ1) is 12.3. The molecule has 0 fully saturated rings. The van der Waals surface area contributed by atoms with E-state index in [0.717, 1.165) is 5.76 Å². The maximum atomic E-state index is 11.0. The molecule has 86 valence electrons. The van der Waals surface area contributed by atoms with E-state index in [1.165, 1.54) is 6.26 Å². The smallest absolute Gasteiger partial charge is 0.148 e. The van der Waals surface area contributed by atoms with Crippen LogP contribution in [0.25, 0.3) is 0 Å². The SMILES string of the molecule is CC(CS(C)(=O)=O)NC(C)c1ccco1. The summed E-state index contributed by atoms with van der Waals surface area (Å²) in [5.41, 5.74) is 0. The molecule has 0 aliphatic heterocycles. The molecule has 0 amide bonds. The highest BCUT2D eigenvalue weighted by molar-refractivity contribution is 7.90. The molecule has 1 N–H and O–H groups in total. The van der Waals surface area contributed by atoms with E-state index in [2.05, 4.69) is 5.32 Å². The molecule has 2 unspecified atom stereocenters. The Hall–Kier alpha value is -0.810. The van der Waals surface area contributed by atoms with Gasteiger partial charge in [0.05, 0.1) is 18.1 Å². The molecule has 15 heavy (non-hydrogen) atoms. The third-order valence-electron chi connectivity index (χ3n) is 2.06. The van der Waals surface area contributed by atoms with Crippen molar-refractivity contribution < 1.29 is 12.8 Å². The van der Waals surface area contributed by atoms with Gasteiger partial charge in [-0.2, -0.15) is 0 Å². The predicted octanol–water partition coefficient (Wildman–Crippen LogP) is 1.36. The van der Waals surface area contributed by atoms with E-state index in [1.807, 2.05) is 26.0 Å². The van der Waals surface area contributed by atoms with Gasteiger partial charge in [-0.3, -0.25) is 0 Å². The van der Waals surface area contributed by atoms with E-state index in [0.29, 0.717) is 0 Å². The minimum atomic E-state index is -2.93. The molecule has 2 atom stereocenters. The van der Waals surface area contributed by atoms with Crippen molar-refractivity contribution >= 4 is 9.84 Å². The van der Waals surface area contributed by atoms with Gasteiger partial charge in [0.1, 0.15) is 15.6 Å². The molecule has 0 spiro atoms. The summed E-state index contributed by atoms with van der Waals surface area (Å²) >= 11 is 0. The maximum Gasteiger partial charge on any atom is 0.148 e. The van der Waals surface area contributed by atoms with E-state index < -0.39 is 9.84 Å². The first-order chi connectivity index (χ1) is 6.88. The fourth-order valence-electron chi connectivity index (χ4n) is 1.55. The normalized spacial score (nSPS) is 16.2. The van der Waals surface area contributed by atoms with Crippen LogP contribution in [0.2, 0.25) is 0 Å². The van der Waals surface area contributed by atoms with Gasteiger partial charge in [-0.25, -0.2) is 8.42 Å². The van der Waals surface area contributed by atoms with Crippen LogP contribution in [-0.4, -0.2) is 26.5 Å². The van der Waals surface area contributed by atoms with Gasteiger partial charge in [-0.1, -0.05) is 0 Å². The molecule has 0 aliphatic carbocycles. The van der Waals surface area contributed by atoms with Crippen LogP contribution in [0.4, 0.5) is 0 Å². The number of sulfone groups is 1. The maximum absolute atomic E-state index is 11.0. The van der Waals surface area contributed by atoms with E-state index in [1.54, 1.807) is 6.26 Å². The Morgan fingerprint density at radius 1 is 1.47 bits per heavy atom. The highest BCUT2D eigenvalue weighted by Gasteiger charge is 2.15. The summed E-state index contributed by atoms with van der Waals surface area (Å²) in [7, 11) is -2.93. The minimum absolute atomic E-state index is 0.0248. The number of nitrogens with one attached hydrogen (secondary N) is 1. The monoisotopic (exact) mass is 231 g/mol. The predicted molar refractivity (Wildman–Crippen MR) is 59.4 cm³/mol. The Kier molecular flexibility index (Phi) is 3.93. The quantitative estimate of drug-likeness (QED) is 0.831. The van der Waals surface area contributed by atoms with Crippen molar-refractivity contribution in [3.63, 3.8) is 0 Å². The van der Waals surface area contributed by atoms with Crippen LogP contribution in [0, 0.1) is 0 Å². The van der Waals surface area contributed by atoms with Gasteiger partial charge in [-0.05, 0) is 26.0 Å². The molecule has 0 saturated heterocycles. The van der Waals surface area contributed by atoms with Crippen LogP contribution in [0.15, 0.2) is 22.8 Å². The molecule has 0 saturated carbocycles. The Labute approximate surface area is 90.6 Å². The summed E-state index contributed by atoms with van der Waals surface area (Å²) in [6.07, 6.45) is 2.84. The van der Waals surface area contributed by atoms with Crippen molar-refractivity contribution in [1.82, 2.24) is 5.32 Å². The third-order valence-corrected chi connectivity index (χ3v) is 3.16. The lowest BCUT2D eigenvalue weighted by Gasteiger charge is -2.17. The second-order valence-corrected chi connectivity index (χ2v) is 6.08. The summed E-state index contributed by atoms with van der Waals surface area (Å²) in [4.78, 5) is 0. The number of furan rings is 1. The Morgan fingerprint density at radius 2 is 2.13 bits per heavy atom. The fourth-order valence-corrected chi connectivity index (χ4v) is 2.55. The molecule has 1 aromatic heterocycles. The molecular formula is C10H17NO3S. The van der Waals surface area contributed by atoms with E-state index in [9.17, 15) is 8.42 Å². The molecule has 0 aromatic carbocycles. The summed E-state index contributed by atoms with van der Waals surface area (Å²) in [6.45, 7) is 3.79. The standard InChI is InChI=1S/C10H17NO3S/c1-8(7-15(3,12)13)11-9(2)10-5-4-6-14-10/h4-6,8-9,11H,7H2,1-3H3. The first-order valence-corrected chi connectivity index (χ1v) is 6.91. The zero-order valence-electron chi connectivity index (χ0n) is 9.23. The molecule has 5 heteroatoms. The molecule has 1 aromatic rings. The van der Waals surface area contributed by atoms with Gasteiger partial charge in [0.25, 0.3) is 0 Å². The van der Waals surface area contributed by atoms with Crippen molar-refractivity contribution in [1.29, 1.82) is 0 Å². The van der Waals surface area contributed by atoms with Crippen molar-refractivity contribution in [3.8, 4) is 0 Å². The fraction of sp³-hybridized carbons (Fsp3) is 0.600. The number of hydrogen-bond donors (Lipinski definition) is 1. The Morgan fingerprint density at radius 3 is 2.60 bits per heavy atom. The van der Waals surface area contributed by atoms with Crippen LogP contribution < -0.4 is 5.32 Å². The molecule has 1 heterocycles. The molecule has 0 bridgehead atoms. The van der Waals surface area contributed by atoms with Crippen molar-refractivity contribution in [2.24, 2.45) is 0 Å². The van der Waals surface area contributed by atoms with E-state index in [-0.39, 0.29) is 17.8 Å². The number of rotatable bonds is 5. The zero-order chi connectivity index (χ0) is 11.5. The second kappa shape index (κ2) is 4.81. The second-order valence-electron chi connectivity index (χ2n) is 3.90. The van der Waals surface area contributed by atoms with Crippen molar-refractivity contribution in [2.75, 3.05) is 12.0 Å². The van der Waals surface area contributed by atoms with Gasteiger partial charge < -0.3 is 9.73 Å². The summed E-state index contributed by atoms with van der Waals surface area (Å²) in [5, 5.41) is 3.17. The lowest BCUT2D eigenvalue weighted by molar-refractivity contribution is 0.408. The van der Waals surface area contributed by atoms with Crippen LogP contribution in [-0.2, 0) is 9.84 Å². The molecule has 1 rings (SSSR count). The number of hydrogen-bond acceptors (Lipinski definition) is 4. The van der Waals surface area contributed by atoms with Crippen LogP contribution in [0.5, 0.6) is 0 Å². The Balaban J connectivity index is 2.49. The highest BCUT2D eigenvalue weighted by Crippen LogP contribution is 2.13. The third kappa shape index (κ3) is 4.48. The average molecular weight is 231 g/mol. The topological polar surface area (TPSA) is 59.3 Å². The van der Waals surface area contributed by atoms with Gasteiger partial charge >= 0.3 is 0 Å². The van der Waals surface area contributed by atoms with Crippen molar-refractivity contribution in [3.05, 3.63) is 24.2 Å². The molecular weight excluding hydrogens is 214 g/mol. The average Bonchev–Trinajstić information content (AvgIpc) is 2.50. The summed E-state index contributed by atoms with van der Waals surface area (Å²) in [6, 6.07) is 3.62. The molecule has 4 nitrogen and oxygen atoms in total. The highest BCUT2D eigenvalue weighted by atomic mass is 32.2. The van der Waals surface area contributed by atoms with Gasteiger partial charge in [0, 0.05) is 12.3 Å². The van der Waals surface area contributed by atoms with Crippen LogP contribution in [0.1, 0.15) is 25.6 Å². The molecule has 0 aliphatic rings. The van der Waals surface area contributed by atoms with Crippen LogP contribution >= 0.6 is 0 Å². The first-order valence-electron chi connectivity index (χ1n) is 4.85. The Bertz CT molecular complexity index is 383. The van der Waals surface area contributed by atoms with Gasteiger partial charge in [-0.15, -0.1) is 0 Å².